The zero-order chi connectivity index (χ0) is 11.7. The summed E-state index contributed by atoms with van der Waals surface area (Å²) in [5, 5.41) is 6.04. The Morgan fingerprint density at radius 3 is 2.71 bits per heavy atom. The molecule has 2 nitrogen and oxygen atoms in total. The van der Waals surface area contributed by atoms with Gasteiger partial charge < -0.3 is 11.1 Å². The van der Waals surface area contributed by atoms with Crippen molar-refractivity contribution in [1.82, 2.24) is 5.32 Å². The molecule has 3 rings (SSSR count). The monoisotopic (exact) mass is 226 g/mol. The summed E-state index contributed by atoms with van der Waals surface area (Å²) >= 11 is 0. The number of hydrogen-bond donors (Lipinski definition) is 2. The van der Waals surface area contributed by atoms with Crippen molar-refractivity contribution in [2.75, 3.05) is 6.54 Å². The Morgan fingerprint density at radius 2 is 1.88 bits per heavy atom. The predicted octanol–water partition coefficient (Wildman–Crippen LogP) is 2.59. The molecular weight excluding hydrogens is 208 g/mol. The first-order chi connectivity index (χ1) is 8.34. The van der Waals surface area contributed by atoms with E-state index in [1.807, 2.05) is 0 Å². The van der Waals surface area contributed by atoms with Crippen LogP contribution < -0.4 is 11.1 Å². The third-order valence-corrected chi connectivity index (χ3v) is 3.43. The van der Waals surface area contributed by atoms with Gasteiger partial charge in [0.15, 0.2) is 0 Å². The van der Waals surface area contributed by atoms with Crippen molar-refractivity contribution < 1.29 is 0 Å². The maximum Gasteiger partial charge on any atom is 0.0428 e. The van der Waals surface area contributed by atoms with Gasteiger partial charge in [-0.3, -0.25) is 0 Å². The van der Waals surface area contributed by atoms with E-state index >= 15 is 0 Å². The SMILES string of the molecule is NC(CNC1CC1)c1cccc2ccccc12. The van der Waals surface area contributed by atoms with Crippen LogP contribution in [0.3, 0.4) is 0 Å². The molecule has 0 radical (unpaired) electrons. The van der Waals surface area contributed by atoms with Gasteiger partial charge in [0.25, 0.3) is 0 Å². The third kappa shape index (κ3) is 2.33. The summed E-state index contributed by atoms with van der Waals surface area (Å²) in [6.45, 7) is 0.874. The summed E-state index contributed by atoms with van der Waals surface area (Å²) in [4.78, 5) is 0. The average Bonchev–Trinajstić information content (AvgIpc) is 3.19. The van der Waals surface area contributed by atoms with Crippen LogP contribution in [-0.4, -0.2) is 12.6 Å². The van der Waals surface area contributed by atoms with Crippen LogP contribution in [0.5, 0.6) is 0 Å². The third-order valence-electron chi connectivity index (χ3n) is 3.43. The van der Waals surface area contributed by atoms with E-state index in [0.717, 1.165) is 12.6 Å². The van der Waals surface area contributed by atoms with Gasteiger partial charge in [-0.25, -0.2) is 0 Å². The number of rotatable bonds is 4. The molecule has 17 heavy (non-hydrogen) atoms. The molecule has 2 aromatic rings. The van der Waals surface area contributed by atoms with Gasteiger partial charge in [0.2, 0.25) is 0 Å². The first-order valence-electron chi connectivity index (χ1n) is 6.31. The summed E-state index contributed by atoms with van der Waals surface area (Å²) in [6, 6.07) is 15.6. The number of hydrogen-bond acceptors (Lipinski definition) is 2. The van der Waals surface area contributed by atoms with Gasteiger partial charge in [0, 0.05) is 18.6 Å². The lowest BCUT2D eigenvalue weighted by Gasteiger charge is -2.15. The Hall–Kier alpha value is -1.38. The Kier molecular flexibility index (Phi) is 2.83. The number of benzene rings is 2. The molecule has 2 aromatic carbocycles. The van der Waals surface area contributed by atoms with E-state index in [-0.39, 0.29) is 6.04 Å². The van der Waals surface area contributed by atoms with Crippen LogP contribution in [0, 0.1) is 0 Å². The fourth-order valence-electron chi connectivity index (χ4n) is 2.26. The minimum absolute atomic E-state index is 0.0849. The van der Waals surface area contributed by atoms with Gasteiger partial charge in [-0.05, 0) is 29.2 Å². The summed E-state index contributed by atoms with van der Waals surface area (Å²) in [5.41, 5.74) is 7.52. The number of nitrogens with two attached hydrogens (primary N) is 1. The zero-order valence-electron chi connectivity index (χ0n) is 9.89. The fourth-order valence-corrected chi connectivity index (χ4v) is 2.26. The predicted molar refractivity (Wildman–Crippen MR) is 71.9 cm³/mol. The van der Waals surface area contributed by atoms with Crippen LogP contribution in [0.4, 0.5) is 0 Å². The van der Waals surface area contributed by atoms with Crippen molar-refractivity contribution in [2.24, 2.45) is 5.73 Å². The lowest BCUT2D eigenvalue weighted by Crippen LogP contribution is -2.28. The highest BCUT2D eigenvalue weighted by molar-refractivity contribution is 5.86. The molecule has 0 heterocycles. The summed E-state index contributed by atoms with van der Waals surface area (Å²) in [6.07, 6.45) is 2.62. The molecule has 0 aromatic heterocycles. The van der Waals surface area contributed by atoms with Crippen molar-refractivity contribution in [3.63, 3.8) is 0 Å². The van der Waals surface area contributed by atoms with Crippen molar-refractivity contribution in [3.8, 4) is 0 Å². The second kappa shape index (κ2) is 4.47. The molecule has 0 bridgehead atoms. The molecule has 2 heteroatoms. The van der Waals surface area contributed by atoms with Crippen LogP contribution >= 0.6 is 0 Å². The van der Waals surface area contributed by atoms with Crippen LogP contribution in [0.1, 0.15) is 24.4 Å². The van der Waals surface area contributed by atoms with Gasteiger partial charge in [-0.2, -0.15) is 0 Å². The molecule has 1 saturated carbocycles. The Morgan fingerprint density at radius 1 is 1.12 bits per heavy atom. The van der Waals surface area contributed by atoms with Crippen LogP contribution in [0.15, 0.2) is 42.5 Å². The van der Waals surface area contributed by atoms with Gasteiger partial charge in [-0.1, -0.05) is 42.5 Å². The second-order valence-corrected chi connectivity index (χ2v) is 4.86. The number of fused-ring (bicyclic) bond motifs is 1. The van der Waals surface area contributed by atoms with Gasteiger partial charge in [0.1, 0.15) is 0 Å². The highest BCUT2D eigenvalue weighted by atomic mass is 15.0. The molecule has 0 amide bonds. The number of nitrogens with one attached hydrogen (secondary N) is 1. The lowest BCUT2D eigenvalue weighted by atomic mass is 9.99. The van der Waals surface area contributed by atoms with Gasteiger partial charge in [0.05, 0.1) is 0 Å². The summed E-state index contributed by atoms with van der Waals surface area (Å²) in [5.74, 6) is 0. The smallest absolute Gasteiger partial charge is 0.0428 e. The second-order valence-electron chi connectivity index (χ2n) is 4.86. The van der Waals surface area contributed by atoms with Gasteiger partial charge in [-0.15, -0.1) is 0 Å². The van der Waals surface area contributed by atoms with Crippen LogP contribution in [0.2, 0.25) is 0 Å². The summed E-state index contributed by atoms with van der Waals surface area (Å²) < 4.78 is 0. The molecule has 1 unspecified atom stereocenters. The van der Waals surface area contributed by atoms with Crippen molar-refractivity contribution >= 4 is 10.8 Å². The quantitative estimate of drug-likeness (QED) is 0.841. The molecule has 0 aliphatic heterocycles. The topological polar surface area (TPSA) is 38.0 Å². The molecular formula is C15H18N2. The molecule has 1 atom stereocenters. The van der Waals surface area contributed by atoms with Crippen molar-refractivity contribution in [2.45, 2.75) is 24.9 Å². The summed E-state index contributed by atoms with van der Waals surface area (Å²) in [7, 11) is 0. The van der Waals surface area contributed by atoms with Crippen LogP contribution in [0.25, 0.3) is 10.8 Å². The van der Waals surface area contributed by atoms with E-state index in [9.17, 15) is 0 Å². The molecule has 1 aliphatic rings. The highest BCUT2D eigenvalue weighted by Crippen LogP contribution is 2.24. The van der Waals surface area contributed by atoms with Crippen molar-refractivity contribution in [1.29, 1.82) is 0 Å². The zero-order valence-corrected chi connectivity index (χ0v) is 9.89. The fraction of sp³-hybridized carbons (Fsp3) is 0.333. The standard InChI is InChI=1S/C15H18N2/c16-15(10-17-12-8-9-12)14-7-3-5-11-4-1-2-6-13(11)14/h1-7,12,15,17H,8-10,16H2. The van der Waals surface area contributed by atoms with E-state index in [4.69, 9.17) is 5.73 Å². The minimum Gasteiger partial charge on any atom is -0.323 e. The molecule has 1 fully saturated rings. The Labute approximate surface area is 102 Å². The molecule has 0 saturated heterocycles. The lowest BCUT2D eigenvalue weighted by molar-refractivity contribution is 0.598. The van der Waals surface area contributed by atoms with E-state index in [0.29, 0.717) is 0 Å². The normalized spacial score (nSPS) is 17.2. The molecule has 3 N–H and O–H groups in total. The minimum atomic E-state index is 0.0849. The first kappa shape index (κ1) is 10.8. The van der Waals surface area contributed by atoms with E-state index in [1.165, 1.54) is 29.2 Å². The average molecular weight is 226 g/mol. The largest absolute Gasteiger partial charge is 0.323 e. The molecule has 1 aliphatic carbocycles. The van der Waals surface area contributed by atoms with E-state index in [2.05, 4.69) is 47.8 Å². The maximum absolute atomic E-state index is 6.27. The molecule has 0 spiro atoms. The molecule has 88 valence electrons. The highest BCUT2D eigenvalue weighted by Gasteiger charge is 2.21. The van der Waals surface area contributed by atoms with Gasteiger partial charge >= 0.3 is 0 Å². The van der Waals surface area contributed by atoms with Crippen molar-refractivity contribution in [3.05, 3.63) is 48.0 Å². The van der Waals surface area contributed by atoms with E-state index in [1.54, 1.807) is 0 Å². The Balaban J connectivity index is 1.87. The maximum atomic E-state index is 6.27. The Bertz CT molecular complexity index is 512. The van der Waals surface area contributed by atoms with Crippen LogP contribution in [-0.2, 0) is 0 Å². The van der Waals surface area contributed by atoms with E-state index < -0.39 is 0 Å². The first-order valence-corrected chi connectivity index (χ1v) is 6.31.